The number of anilines is 1. The number of alkyl halides is 1. The van der Waals surface area contributed by atoms with E-state index >= 15 is 0 Å². The van der Waals surface area contributed by atoms with Crippen molar-refractivity contribution in [1.82, 2.24) is 4.98 Å². The number of benzene rings is 1. The molecule has 1 saturated carbocycles. The van der Waals surface area contributed by atoms with Crippen LogP contribution in [0.25, 0.3) is 11.1 Å². The van der Waals surface area contributed by atoms with E-state index in [1.54, 1.807) is 6.20 Å². The van der Waals surface area contributed by atoms with E-state index in [-0.39, 0.29) is 6.04 Å². The molecule has 0 spiro atoms. The van der Waals surface area contributed by atoms with E-state index in [0.29, 0.717) is 30.2 Å². The first-order valence-electron chi connectivity index (χ1n) is 7.95. The molecular weight excluding hydrogens is 315 g/mol. The van der Waals surface area contributed by atoms with Gasteiger partial charge in [0.1, 0.15) is 17.7 Å². The third kappa shape index (κ3) is 3.94. The Kier molecular flexibility index (Phi) is 5.01. The van der Waals surface area contributed by atoms with Gasteiger partial charge in [0.05, 0.1) is 11.6 Å². The van der Waals surface area contributed by atoms with Crippen molar-refractivity contribution in [2.24, 2.45) is 0 Å². The highest BCUT2D eigenvalue weighted by atomic mass is 35.5. The van der Waals surface area contributed by atoms with Gasteiger partial charge < -0.3 is 10.1 Å². The second-order valence-corrected chi connectivity index (χ2v) is 6.17. The summed E-state index contributed by atoms with van der Waals surface area (Å²) in [7, 11) is 0. The van der Waals surface area contributed by atoms with Crippen molar-refractivity contribution in [3.63, 3.8) is 0 Å². The van der Waals surface area contributed by atoms with Gasteiger partial charge in [0.2, 0.25) is 0 Å². The van der Waals surface area contributed by atoms with Crippen LogP contribution in [0.3, 0.4) is 0 Å². The molecule has 1 aromatic heterocycles. The highest BCUT2D eigenvalue weighted by Crippen LogP contribution is 2.31. The predicted octanol–water partition coefficient (Wildman–Crippen LogP) is 5.10. The molecule has 2 aromatic rings. The fraction of sp³-hybridized carbons (Fsp3) is 0.389. The van der Waals surface area contributed by atoms with Gasteiger partial charge in [-0.1, -0.05) is 17.7 Å². The lowest BCUT2D eigenvalue weighted by molar-refractivity contribution is 0.340. The SMILES string of the molecule is CCOc1ccc(-c2ccnc(NC3CCC(F)C3)c2)cc1Cl. The molecule has 0 saturated heterocycles. The minimum atomic E-state index is -0.694. The molecule has 3 rings (SSSR count). The number of hydrogen-bond donors (Lipinski definition) is 1. The van der Waals surface area contributed by atoms with Crippen LogP contribution in [0.2, 0.25) is 5.02 Å². The number of aromatic nitrogens is 1. The predicted molar refractivity (Wildman–Crippen MR) is 92.0 cm³/mol. The zero-order valence-corrected chi connectivity index (χ0v) is 13.8. The van der Waals surface area contributed by atoms with Crippen LogP contribution in [0.1, 0.15) is 26.2 Å². The van der Waals surface area contributed by atoms with Crippen LogP contribution >= 0.6 is 11.6 Å². The van der Waals surface area contributed by atoms with Gasteiger partial charge in [0.25, 0.3) is 0 Å². The van der Waals surface area contributed by atoms with E-state index in [9.17, 15) is 4.39 Å². The second kappa shape index (κ2) is 7.18. The molecule has 1 aromatic carbocycles. The Bertz CT molecular complexity index is 680. The van der Waals surface area contributed by atoms with E-state index < -0.39 is 6.17 Å². The molecule has 1 heterocycles. The van der Waals surface area contributed by atoms with Crippen LogP contribution in [-0.4, -0.2) is 23.8 Å². The van der Waals surface area contributed by atoms with Crippen molar-refractivity contribution >= 4 is 17.4 Å². The third-order valence-corrected chi connectivity index (χ3v) is 4.34. The quantitative estimate of drug-likeness (QED) is 0.825. The van der Waals surface area contributed by atoms with Gasteiger partial charge in [0.15, 0.2) is 0 Å². The molecule has 0 radical (unpaired) electrons. The van der Waals surface area contributed by atoms with Crippen LogP contribution in [-0.2, 0) is 0 Å². The zero-order valence-electron chi connectivity index (χ0n) is 13.1. The third-order valence-electron chi connectivity index (χ3n) is 4.05. The maximum atomic E-state index is 13.3. The summed E-state index contributed by atoms with van der Waals surface area (Å²) in [5, 5.41) is 3.91. The number of halogens is 2. The minimum Gasteiger partial charge on any atom is -0.492 e. The summed E-state index contributed by atoms with van der Waals surface area (Å²) in [5.74, 6) is 1.46. The number of nitrogens with zero attached hydrogens (tertiary/aromatic N) is 1. The first-order chi connectivity index (χ1) is 11.2. The summed E-state index contributed by atoms with van der Waals surface area (Å²) in [6.07, 6.45) is 3.10. The Hall–Kier alpha value is -1.81. The Morgan fingerprint density at radius 1 is 1.26 bits per heavy atom. The number of rotatable bonds is 5. The maximum Gasteiger partial charge on any atom is 0.137 e. The summed E-state index contributed by atoms with van der Waals surface area (Å²) in [4.78, 5) is 4.33. The van der Waals surface area contributed by atoms with Crippen LogP contribution < -0.4 is 10.1 Å². The molecule has 5 heteroatoms. The lowest BCUT2D eigenvalue weighted by Crippen LogP contribution is -2.16. The van der Waals surface area contributed by atoms with E-state index in [0.717, 1.165) is 23.4 Å². The molecule has 2 unspecified atom stereocenters. The summed E-state index contributed by atoms with van der Waals surface area (Å²) >= 11 is 6.25. The smallest absolute Gasteiger partial charge is 0.137 e. The molecule has 0 aliphatic heterocycles. The van der Waals surface area contributed by atoms with Crippen molar-refractivity contribution in [3.8, 4) is 16.9 Å². The van der Waals surface area contributed by atoms with E-state index in [1.807, 2.05) is 37.3 Å². The monoisotopic (exact) mass is 334 g/mol. The summed E-state index contributed by atoms with van der Waals surface area (Å²) in [6.45, 7) is 2.51. The first kappa shape index (κ1) is 16.1. The molecule has 2 atom stereocenters. The molecule has 122 valence electrons. The van der Waals surface area contributed by atoms with E-state index in [1.165, 1.54) is 0 Å². The van der Waals surface area contributed by atoms with Crippen LogP contribution in [0.4, 0.5) is 10.2 Å². The van der Waals surface area contributed by atoms with Gasteiger partial charge in [0, 0.05) is 12.2 Å². The van der Waals surface area contributed by atoms with Gasteiger partial charge in [-0.05, 0) is 61.6 Å². The molecule has 3 nitrogen and oxygen atoms in total. The summed E-state index contributed by atoms with van der Waals surface area (Å²) < 4.78 is 18.7. The molecular formula is C18H20ClFN2O. The van der Waals surface area contributed by atoms with Crippen LogP contribution in [0, 0.1) is 0 Å². The number of nitrogens with one attached hydrogen (secondary N) is 1. The average Bonchev–Trinajstić information content (AvgIpc) is 2.95. The van der Waals surface area contributed by atoms with Crippen molar-refractivity contribution in [2.45, 2.75) is 38.4 Å². The molecule has 1 aliphatic carbocycles. The Balaban J connectivity index is 1.78. The van der Waals surface area contributed by atoms with Gasteiger partial charge in [-0.25, -0.2) is 9.37 Å². The van der Waals surface area contributed by atoms with Crippen LogP contribution in [0.5, 0.6) is 5.75 Å². The van der Waals surface area contributed by atoms with E-state index in [2.05, 4.69) is 10.3 Å². The average molecular weight is 335 g/mol. The van der Waals surface area contributed by atoms with Crippen molar-refractivity contribution in [1.29, 1.82) is 0 Å². The molecule has 0 amide bonds. The standard InChI is InChI=1S/C18H20ClFN2O/c1-2-23-17-6-3-12(9-16(17)19)13-7-8-21-18(10-13)22-15-5-4-14(20)11-15/h3,6-10,14-15H,2,4-5,11H2,1H3,(H,21,22). The van der Waals surface area contributed by atoms with Gasteiger partial charge in [-0.3, -0.25) is 0 Å². The van der Waals surface area contributed by atoms with E-state index in [4.69, 9.17) is 16.3 Å². The lowest BCUT2D eigenvalue weighted by atomic mass is 10.1. The summed E-state index contributed by atoms with van der Waals surface area (Å²) in [6, 6.07) is 9.81. The van der Waals surface area contributed by atoms with Gasteiger partial charge in [-0.15, -0.1) is 0 Å². The van der Waals surface area contributed by atoms with Gasteiger partial charge in [-0.2, -0.15) is 0 Å². The molecule has 1 N–H and O–H groups in total. The fourth-order valence-corrected chi connectivity index (χ4v) is 3.14. The molecule has 0 bridgehead atoms. The maximum absolute atomic E-state index is 13.3. The topological polar surface area (TPSA) is 34.1 Å². The fourth-order valence-electron chi connectivity index (χ4n) is 2.91. The summed E-state index contributed by atoms with van der Waals surface area (Å²) in [5.41, 5.74) is 2.01. The number of pyridine rings is 1. The van der Waals surface area contributed by atoms with Crippen molar-refractivity contribution in [2.75, 3.05) is 11.9 Å². The molecule has 1 aliphatic rings. The first-order valence-corrected chi connectivity index (χ1v) is 8.33. The number of ether oxygens (including phenoxy) is 1. The highest BCUT2D eigenvalue weighted by Gasteiger charge is 2.24. The zero-order chi connectivity index (χ0) is 16.2. The highest BCUT2D eigenvalue weighted by molar-refractivity contribution is 6.32. The van der Waals surface area contributed by atoms with Gasteiger partial charge >= 0.3 is 0 Å². The van der Waals surface area contributed by atoms with Crippen LogP contribution in [0.15, 0.2) is 36.5 Å². The largest absolute Gasteiger partial charge is 0.492 e. The lowest BCUT2D eigenvalue weighted by Gasteiger charge is -2.14. The normalized spacial score (nSPS) is 20.5. The second-order valence-electron chi connectivity index (χ2n) is 5.76. The Labute approximate surface area is 140 Å². The Morgan fingerprint density at radius 2 is 2.09 bits per heavy atom. The Morgan fingerprint density at radius 3 is 2.78 bits per heavy atom. The number of hydrogen-bond acceptors (Lipinski definition) is 3. The van der Waals surface area contributed by atoms with Crippen molar-refractivity contribution in [3.05, 3.63) is 41.6 Å². The minimum absolute atomic E-state index is 0.164. The van der Waals surface area contributed by atoms with Crippen molar-refractivity contribution < 1.29 is 9.13 Å². The molecule has 1 fully saturated rings. The molecule has 23 heavy (non-hydrogen) atoms.